The molecule has 0 saturated heterocycles. The van der Waals surface area contributed by atoms with E-state index in [2.05, 4.69) is 27.1 Å². The van der Waals surface area contributed by atoms with Crippen molar-refractivity contribution in [1.29, 1.82) is 0 Å². The van der Waals surface area contributed by atoms with Gasteiger partial charge in [-0.25, -0.2) is 4.98 Å². The maximum Gasteiger partial charge on any atom is 0.242 e. The highest BCUT2D eigenvalue weighted by molar-refractivity contribution is 6.35. The van der Waals surface area contributed by atoms with Crippen LogP contribution in [0.15, 0.2) is 54.6 Å². The summed E-state index contributed by atoms with van der Waals surface area (Å²) < 4.78 is 0. The highest BCUT2D eigenvalue weighted by Crippen LogP contribution is 2.27. The van der Waals surface area contributed by atoms with Crippen molar-refractivity contribution in [1.82, 2.24) is 9.97 Å². The molecule has 0 fully saturated rings. The first-order valence-electron chi connectivity index (χ1n) is 8.57. The summed E-state index contributed by atoms with van der Waals surface area (Å²) >= 11 is 6.13. The fourth-order valence-corrected chi connectivity index (χ4v) is 2.79. The molecule has 1 aromatic heterocycles. The molecule has 2 aromatic carbocycles. The van der Waals surface area contributed by atoms with E-state index in [1.54, 1.807) is 0 Å². The number of nitrogen functional groups attached to an aromatic ring is 1. The number of carbonyl (C=O) groups is 1. The van der Waals surface area contributed by atoms with Crippen molar-refractivity contribution in [2.75, 3.05) is 17.6 Å². The van der Waals surface area contributed by atoms with Crippen molar-refractivity contribution in [2.45, 2.75) is 6.42 Å². The average Bonchev–Trinajstić information content (AvgIpc) is 2.69. The van der Waals surface area contributed by atoms with E-state index < -0.39 is 5.78 Å². The Balaban J connectivity index is 1.90. The molecule has 0 bridgehead atoms. The molecular formula is C21H18ClN5O. The number of hydrogen-bond donors (Lipinski definition) is 3. The molecule has 0 aliphatic rings. The largest absolute Gasteiger partial charge is 0.368 e. The van der Waals surface area contributed by atoms with Crippen LogP contribution in [0.1, 0.15) is 16.8 Å². The van der Waals surface area contributed by atoms with Crippen molar-refractivity contribution in [3.8, 4) is 23.0 Å². The zero-order chi connectivity index (χ0) is 19.9. The minimum absolute atomic E-state index is 0.0418. The van der Waals surface area contributed by atoms with Gasteiger partial charge in [0.1, 0.15) is 16.5 Å². The summed E-state index contributed by atoms with van der Waals surface area (Å²) in [7, 11) is 0. The maximum atomic E-state index is 12.4. The first kappa shape index (κ1) is 19.4. The minimum atomic E-state index is -0.498. The molecule has 0 aliphatic carbocycles. The van der Waals surface area contributed by atoms with Crippen LogP contribution in [0, 0.1) is 11.8 Å². The number of Topliss-reactive ketones (excluding diaryl/α,β-unsaturated/α-hetero) is 1. The van der Waals surface area contributed by atoms with Gasteiger partial charge in [0.2, 0.25) is 11.7 Å². The number of carbonyl (C=O) groups excluding carboxylic acids is 1. The highest BCUT2D eigenvalue weighted by Gasteiger charge is 2.18. The van der Waals surface area contributed by atoms with Crippen molar-refractivity contribution in [3.05, 3.63) is 65.3 Å². The van der Waals surface area contributed by atoms with Gasteiger partial charge in [-0.3, -0.25) is 4.79 Å². The van der Waals surface area contributed by atoms with Gasteiger partial charge in [0.15, 0.2) is 0 Å². The fourth-order valence-electron chi connectivity index (χ4n) is 2.53. The third-order valence-corrected chi connectivity index (χ3v) is 4.11. The Labute approximate surface area is 168 Å². The van der Waals surface area contributed by atoms with E-state index >= 15 is 0 Å². The van der Waals surface area contributed by atoms with E-state index in [1.807, 2.05) is 54.6 Å². The molecule has 6 nitrogen and oxygen atoms in total. The van der Waals surface area contributed by atoms with E-state index in [0.717, 1.165) is 16.8 Å². The van der Waals surface area contributed by atoms with E-state index in [0.29, 0.717) is 13.0 Å². The molecule has 3 rings (SSSR count). The van der Waals surface area contributed by atoms with Crippen LogP contribution in [0.25, 0.3) is 11.1 Å². The topological polar surface area (TPSA) is 107 Å². The Bertz CT molecular complexity index is 1040. The van der Waals surface area contributed by atoms with E-state index in [9.17, 15) is 4.79 Å². The van der Waals surface area contributed by atoms with E-state index in [4.69, 9.17) is 23.1 Å². The number of nitrogens with zero attached hydrogens (tertiary/aromatic N) is 2. The van der Waals surface area contributed by atoms with Crippen molar-refractivity contribution >= 4 is 34.8 Å². The molecule has 0 saturated carbocycles. The highest BCUT2D eigenvalue weighted by atomic mass is 35.5. The van der Waals surface area contributed by atoms with Crippen LogP contribution in [0.3, 0.4) is 0 Å². The Kier molecular flexibility index (Phi) is 6.22. The third-order valence-electron chi connectivity index (χ3n) is 3.84. The second-order valence-corrected chi connectivity index (χ2v) is 6.19. The summed E-state index contributed by atoms with van der Waals surface area (Å²) in [6.07, 6.45) is 0.406. The molecule has 28 heavy (non-hydrogen) atoms. The van der Waals surface area contributed by atoms with Crippen LogP contribution in [0.5, 0.6) is 0 Å². The lowest BCUT2D eigenvalue weighted by molar-refractivity contribution is 0.105. The molecule has 1 heterocycles. The number of anilines is 3. The maximum absolute atomic E-state index is 12.4. The summed E-state index contributed by atoms with van der Waals surface area (Å²) in [4.78, 5) is 20.4. The summed E-state index contributed by atoms with van der Waals surface area (Å²) in [5.74, 6) is 4.86. The number of nitrogens with one attached hydrogen (secondary N) is 1. The zero-order valence-electron chi connectivity index (χ0n) is 14.9. The molecule has 3 aromatic rings. The van der Waals surface area contributed by atoms with Gasteiger partial charge in [-0.2, -0.15) is 4.98 Å². The zero-order valence-corrected chi connectivity index (χ0v) is 15.7. The van der Waals surface area contributed by atoms with Crippen LogP contribution < -0.4 is 16.8 Å². The van der Waals surface area contributed by atoms with Gasteiger partial charge < -0.3 is 16.8 Å². The Morgan fingerprint density at radius 2 is 1.71 bits per heavy atom. The van der Waals surface area contributed by atoms with Gasteiger partial charge >= 0.3 is 0 Å². The number of nitrogens with two attached hydrogens (primary N) is 2. The minimum Gasteiger partial charge on any atom is -0.368 e. The number of benzene rings is 2. The first-order valence-corrected chi connectivity index (χ1v) is 8.95. The quantitative estimate of drug-likeness (QED) is 0.265. The third kappa shape index (κ3) is 4.65. The van der Waals surface area contributed by atoms with E-state index in [1.165, 1.54) is 0 Å². The summed E-state index contributed by atoms with van der Waals surface area (Å²) in [6.45, 7) is 0.366. The van der Waals surface area contributed by atoms with Crippen LogP contribution in [-0.2, 0) is 0 Å². The molecule has 5 N–H and O–H groups in total. The van der Waals surface area contributed by atoms with Gasteiger partial charge in [-0.05, 0) is 29.2 Å². The SMILES string of the molecule is NCCC#CC(=O)c1c(Cl)nc(N)nc1Nc1ccc(-c2ccccc2)cc1. The number of rotatable bonds is 5. The summed E-state index contributed by atoms with van der Waals surface area (Å²) in [6, 6.07) is 17.7. The average molecular weight is 392 g/mol. The van der Waals surface area contributed by atoms with Crippen LogP contribution in [0.4, 0.5) is 17.5 Å². The molecular weight excluding hydrogens is 374 g/mol. The lowest BCUT2D eigenvalue weighted by atomic mass is 10.1. The van der Waals surface area contributed by atoms with E-state index in [-0.39, 0.29) is 22.5 Å². The normalized spacial score (nSPS) is 10.1. The van der Waals surface area contributed by atoms with Crippen LogP contribution >= 0.6 is 11.6 Å². The standard InChI is InChI=1S/C21H18ClN5O/c22-19-18(17(28)8-4-5-13-23)20(27-21(24)26-19)25-16-11-9-15(10-12-16)14-6-2-1-3-7-14/h1-3,6-7,9-12H,5,13,23H2,(H3,24,25,26,27). The first-order chi connectivity index (χ1) is 13.6. The van der Waals surface area contributed by atoms with Gasteiger partial charge in [-0.15, -0.1) is 0 Å². The number of halogens is 1. The monoisotopic (exact) mass is 391 g/mol. The molecule has 140 valence electrons. The van der Waals surface area contributed by atoms with Gasteiger partial charge in [0.05, 0.1) is 0 Å². The second kappa shape index (κ2) is 9.00. The van der Waals surface area contributed by atoms with Gasteiger partial charge in [-0.1, -0.05) is 60.0 Å². The lowest BCUT2D eigenvalue weighted by Crippen LogP contribution is -2.09. The summed E-state index contributed by atoms with van der Waals surface area (Å²) in [5, 5.41) is 3.02. The number of aromatic nitrogens is 2. The molecule has 0 atom stereocenters. The second-order valence-electron chi connectivity index (χ2n) is 5.83. The summed E-state index contributed by atoms with van der Waals surface area (Å²) in [5.41, 5.74) is 14.1. The van der Waals surface area contributed by atoms with Gasteiger partial charge in [0, 0.05) is 18.7 Å². The Morgan fingerprint density at radius 1 is 1.04 bits per heavy atom. The molecule has 0 aliphatic heterocycles. The van der Waals surface area contributed by atoms with Crippen molar-refractivity contribution in [2.24, 2.45) is 5.73 Å². The Hall–Kier alpha value is -3.40. The molecule has 0 spiro atoms. The molecule has 7 heteroatoms. The van der Waals surface area contributed by atoms with Gasteiger partial charge in [0.25, 0.3) is 0 Å². The van der Waals surface area contributed by atoms with Crippen LogP contribution in [0.2, 0.25) is 5.15 Å². The number of ketones is 1. The Morgan fingerprint density at radius 3 is 2.39 bits per heavy atom. The van der Waals surface area contributed by atoms with Crippen molar-refractivity contribution < 1.29 is 4.79 Å². The predicted molar refractivity (Wildman–Crippen MR) is 112 cm³/mol. The van der Waals surface area contributed by atoms with Crippen LogP contribution in [-0.4, -0.2) is 22.3 Å². The predicted octanol–water partition coefficient (Wildman–Crippen LogP) is 3.66. The van der Waals surface area contributed by atoms with Crippen molar-refractivity contribution in [3.63, 3.8) is 0 Å². The molecule has 0 amide bonds. The molecule has 0 radical (unpaired) electrons. The lowest BCUT2D eigenvalue weighted by Gasteiger charge is -2.11. The number of hydrogen-bond acceptors (Lipinski definition) is 6. The smallest absolute Gasteiger partial charge is 0.242 e. The fraction of sp³-hybridized carbons (Fsp3) is 0.0952. The molecule has 0 unspecified atom stereocenters.